The number of hydrogen-bond donors (Lipinski definition) is 1. The molecule has 4 heteroatoms. The topological polar surface area (TPSA) is 24.9 Å². The Morgan fingerprint density at radius 2 is 2.05 bits per heavy atom. The van der Waals surface area contributed by atoms with Gasteiger partial charge in [0.05, 0.1) is 10.7 Å². The van der Waals surface area contributed by atoms with Gasteiger partial charge in [0.15, 0.2) is 0 Å². The third-order valence-electron chi connectivity index (χ3n) is 3.49. The maximum atomic E-state index is 13.4. The molecule has 0 aliphatic heterocycles. The highest BCUT2D eigenvalue weighted by Gasteiger charge is 2.15. The minimum Gasteiger partial charge on any atom is -0.310 e. The van der Waals surface area contributed by atoms with Crippen LogP contribution in [0.2, 0.25) is 0 Å². The molecule has 1 aromatic carbocycles. The third-order valence-corrected chi connectivity index (χ3v) is 4.58. The number of hydrogen-bond acceptors (Lipinski definition) is 3. The van der Waals surface area contributed by atoms with Crippen LogP contribution in [0, 0.1) is 26.6 Å². The Bertz CT molecular complexity index is 573. The molecule has 0 aliphatic carbocycles. The summed E-state index contributed by atoms with van der Waals surface area (Å²) in [6.45, 7) is 8.91. The summed E-state index contributed by atoms with van der Waals surface area (Å²) in [7, 11) is 0. The van der Waals surface area contributed by atoms with Gasteiger partial charge in [0.1, 0.15) is 5.82 Å². The summed E-state index contributed by atoms with van der Waals surface area (Å²) in [6.07, 6.45) is 0.845. The number of thiazole rings is 1. The van der Waals surface area contributed by atoms with Crippen molar-refractivity contribution in [3.8, 4) is 0 Å². The van der Waals surface area contributed by atoms with Crippen LogP contribution in [-0.2, 0) is 6.42 Å². The van der Waals surface area contributed by atoms with Gasteiger partial charge in [-0.15, -0.1) is 11.3 Å². The molecule has 1 N–H and O–H groups in total. The van der Waals surface area contributed by atoms with Crippen molar-refractivity contribution in [2.45, 2.75) is 40.2 Å². The fraction of sp³-hybridized carbons (Fsp3) is 0.438. The summed E-state index contributed by atoms with van der Waals surface area (Å²) in [6, 6.07) is 5.52. The van der Waals surface area contributed by atoms with Crippen molar-refractivity contribution >= 4 is 11.3 Å². The van der Waals surface area contributed by atoms with Crippen molar-refractivity contribution in [2.24, 2.45) is 0 Å². The first kappa shape index (κ1) is 15.1. The van der Waals surface area contributed by atoms with Gasteiger partial charge >= 0.3 is 0 Å². The van der Waals surface area contributed by atoms with Crippen LogP contribution in [-0.4, -0.2) is 11.5 Å². The highest BCUT2D eigenvalue weighted by molar-refractivity contribution is 7.11. The number of nitrogens with one attached hydrogen (secondary N) is 1. The van der Waals surface area contributed by atoms with Crippen LogP contribution in [0.1, 0.15) is 39.7 Å². The fourth-order valence-electron chi connectivity index (χ4n) is 2.24. The van der Waals surface area contributed by atoms with Crippen LogP contribution < -0.4 is 5.32 Å². The van der Waals surface area contributed by atoms with E-state index in [2.05, 4.69) is 24.1 Å². The van der Waals surface area contributed by atoms with E-state index in [1.807, 2.05) is 19.1 Å². The Kier molecular flexibility index (Phi) is 4.89. The quantitative estimate of drug-likeness (QED) is 0.897. The van der Waals surface area contributed by atoms with Crippen LogP contribution in [0.25, 0.3) is 0 Å². The maximum absolute atomic E-state index is 13.4. The molecule has 0 saturated carbocycles. The van der Waals surface area contributed by atoms with Crippen molar-refractivity contribution in [3.05, 3.63) is 50.7 Å². The Morgan fingerprint density at radius 3 is 2.60 bits per heavy atom. The van der Waals surface area contributed by atoms with Crippen molar-refractivity contribution in [1.82, 2.24) is 10.3 Å². The van der Waals surface area contributed by atoms with E-state index in [1.54, 1.807) is 24.3 Å². The van der Waals surface area contributed by atoms with Gasteiger partial charge in [-0.25, -0.2) is 9.37 Å². The smallest absolute Gasteiger partial charge is 0.126 e. The van der Waals surface area contributed by atoms with Crippen molar-refractivity contribution in [1.29, 1.82) is 0 Å². The zero-order chi connectivity index (χ0) is 14.7. The summed E-state index contributed by atoms with van der Waals surface area (Å²) in [5, 5.41) is 4.60. The SMILES string of the molecule is CCNC(Cc1nc(C)c(C)s1)c1ccc(F)c(C)c1. The summed E-state index contributed by atoms with van der Waals surface area (Å²) < 4.78 is 13.4. The van der Waals surface area contributed by atoms with Gasteiger partial charge in [-0.3, -0.25) is 0 Å². The third kappa shape index (κ3) is 3.44. The summed E-state index contributed by atoms with van der Waals surface area (Å²) in [5.41, 5.74) is 2.92. The van der Waals surface area contributed by atoms with Gasteiger partial charge in [-0.1, -0.05) is 19.1 Å². The molecule has 0 radical (unpaired) electrons. The molecule has 0 fully saturated rings. The molecule has 2 nitrogen and oxygen atoms in total. The number of nitrogens with zero attached hydrogens (tertiary/aromatic N) is 1. The number of likely N-dealkylation sites (N-methyl/N-ethyl adjacent to an activating group) is 1. The molecule has 2 aromatic rings. The van der Waals surface area contributed by atoms with Gasteiger partial charge < -0.3 is 5.32 Å². The average molecular weight is 292 g/mol. The fourth-order valence-corrected chi connectivity index (χ4v) is 3.22. The highest BCUT2D eigenvalue weighted by atomic mass is 32.1. The number of aryl methyl sites for hydroxylation is 3. The molecular weight excluding hydrogens is 271 g/mol. The van der Waals surface area contributed by atoms with E-state index in [-0.39, 0.29) is 11.9 Å². The Hall–Kier alpha value is -1.26. The second-order valence-corrected chi connectivity index (χ2v) is 6.36. The first-order chi connectivity index (χ1) is 9.51. The lowest BCUT2D eigenvalue weighted by Gasteiger charge is -2.18. The van der Waals surface area contributed by atoms with Crippen LogP contribution in [0.5, 0.6) is 0 Å². The predicted octanol–water partition coefficient (Wildman–Crippen LogP) is 4.10. The molecule has 0 spiro atoms. The van der Waals surface area contributed by atoms with Crippen molar-refractivity contribution < 1.29 is 4.39 Å². The number of aromatic nitrogens is 1. The van der Waals surface area contributed by atoms with E-state index in [1.165, 1.54) is 4.88 Å². The normalized spacial score (nSPS) is 12.7. The van der Waals surface area contributed by atoms with Gasteiger partial charge in [0, 0.05) is 17.3 Å². The Labute approximate surface area is 124 Å². The second-order valence-electron chi connectivity index (χ2n) is 5.07. The molecule has 0 aliphatic rings. The lowest BCUT2D eigenvalue weighted by atomic mass is 10.0. The molecule has 20 heavy (non-hydrogen) atoms. The average Bonchev–Trinajstić information content (AvgIpc) is 2.71. The highest BCUT2D eigenvalue weighted by Crippen LogP contribution is 2.24. The summed E-state index contributed by atoms with van der Waals surface area (Å²) in [4.78, 5) is 5.87. The van der Waals surface area contributed by atoms with Gasteiger partial charge in [-0.05, 0) is 44.5 Å². The van der Waals surface area contributed by atoms with E-state index in [0.29, 0.717) is 5.56 Å². The maximum Gasteiger partial charge on any atom is 0.126 e. The molecule has 2 rings (SSSR count). The minimum absolute atomic E-state index is 0.148. The Balaban J connectivity index is 2.23. The monoisotopic (exact) mass is 292 g/mol. The molecule has 1 unspecified atom stereocenters. The standard InChI is InChI=1S/C16H21FN2S/c1-5-18-15(9-16-19-11(3)12(4)20-16)13-6-7-14(17)10(2)8-13/h6-8,15,18H,5,9H2,1-4H3. The molecule has 108 valence electrons. The number of benzene rings is 1. The van der Waals surface area contributed by atoms with Gasteiger partial charge in [0.2, 0.25) is 0 Å². The van der Waals surface area contributed by atoms with Crippen molar-refractivity contribution in [2.75, 3.05) is 6.54 Å². The molecule has 0 amide bonds. The van der Waals surface area contributed by atoms with Crippen LogP contribution in [0.4, 0.5) is 4.39 Å². The summed E-state index contributed by atoms with van der Waals surface area (Å²) in [5.74, 6) is -0.148. The Morgan fingerprint density at radius 1 is 1.30 bits per heavy atom. The van der Waals surface area contributed by atoms with Crippen LogP contribution in [0.15, 0.2) is 18.2 Å². The molecular formula is C16H21FN2S. The largest absolute Gasteiger partial charge is 0.310 e. The predicted molar refractivity (Wildman–Crippen MR) is 82.8 cm³/mol. The molecule has 0 bridgehead atoms. The van der Waals surface area contributed by atoms with E-state index in [9.17, 15) is 4.39 Å². The molecule has 1 aromatic heterocycles. The summed E-state index contributed by atoms with van der Waals surface area (Å²) >= 11 is 1.75. The van der Waals surface area contributed by atoms with Gasteiger partial charge in [0.25, 0.3) is 0 Å². The van der Waals surface area contributed by atoms with E-state index in [0.717, 1.165) is 29.2 Å². The first-order valence-corrected chi connectivity index (χ1v) is 7.75. The van der Waals surface area contributed by atoms with E-state index >= 15 is 0 Å². The van der Waals surface area contributed by atoms with Crippen molar-refractivity contribution in [3.63, 3.8) is 0 Å². The number of rotatable bonds is 5. The minimum atomic E-state index is -0.148. The second kappa shape index (κ2) is 6.46. The van der Waals surface area contributed by atoms with Crippen LogP contribution >= 0.6 is 11.3 Å². The van der Waals surface area contributed by atoms with E-state index < -0.39 is 0 Å². The molecule has 1 atom stereocenters. The van der Waals surface area contributed by atoms with Crippen LogP contribution in [0.3, 0.4) is 0 Å². The lowest BCUT2D eigenvalue weighted by Crippen LogP contribution is -2.23. The molecule has 0 saturated heterocycles. The van der Waals surface area contributed by atoms with E-state index in [4.69, 9.17) is 0 Å². The number of halogens is 1. The lowest BCUT2D eigenvalue weighted by molar-refractivity contribution is 0.545. The zero-order valence-corrected chi connectivity index (χ0v) is 13.3. The van der Waals surface area contributed by atoms with Gasteiger partial charge in [-0.2, -0.15) is 0 Å². The first-order valence-electron chi connectivity index (χ1n) is 6.93. The zero-order valence-electron chi connectivity index (χ0n) is 12.5. The molecule has 1 heterocycles.